The Morgan fingerprint density at radius 2 is 1.80 bits per heavy atom. The molecule has 0 aromatic rings. The molecule has 0 aromatic heterocycles. The highest BCUT2D eigenvalue weighted by Gasteiger charge is 2.44. The quantitative estimate of drug-likeness (QED) is 0.858. The third-order valence-electron chi connectivity index (χ3n) is 5.29. The molecule has 20 heavy (non-hydrogen) atoms. The first-order valence-corrected chi connectivity index (χ1v) is 7.99. The van der Waals surface area contributed by atoms with Crippen molar-refractivity contribution >= 4 is 0 Å². The Kier molecular flexibility index (Phi) is 5.35. The van der Waals surface area contributed by atoms with Gasteiger partial charge >= 0.3 is 6.18 Å². The summed E-state index contributed by atoms with van der Waals surface area (Å²) >= 11 is 0. The standard InChI is InChI=1S/C15H27F3N2/c1-2-20(14-8-3-5-11(14)10-19)13-7-4-6-12(9-13)15(16,17)18/h11-14H,2-10,19H2,1H3. The Morgan fingerprint density at radius 3 is 2.40 bits per heavy atom. The van der Waals surface area contributed by atoms with Gasteiger partial charge in [0.1, 0.15) is 0 Å². The topological polar surface area (TPSA) is 29.3 Å². The third kappa shape index (κ3) is 3.48. The summed E-state index contributed by atoms with van der Waals surface area (Å²) in [5.41, 5.74) is 5.84. The molecule has 0 radical (unpaired) electrons. The van der Waals surface area contributed by atoms with Crippen LogP contribution in [0.15, 0.2) is 0 Å². The summed E-state index contributed by atoms with van der Waals surface area (Å²) in [4.78, 5) is 2.34. The second-order valence-corrected chi connectivity index (χ2v) is 6.38. The monoisotopic (exact) mass is 292 g/mol. The van der Waals surface area contributed by atoms with Crippen molar-refractivity contribution in [2.45, 2.75) is 70.1 Å². The van der Waals surface area contributed by atoms with E-state index < -0.39 is 12.1 Å². The Morgan fingerprint density at radius 1 is 1.10 bits per heavy atom. The minimum Gasteiger partial charge on any atom is -0.330 e. The van der Waals surface area contributed by atoms with Crippen LogP contribution >= 0.6 is 0 Å². The molecule has 2 N–H and O–H groups in total. The molecular weight excluding hydrogens is 265 g/mol. The molecule has 2 nitrogen and oxygen atoms in total. The van der Waals surface area contributed by atoms with Crippen LogP contribution in [-0.4, -0.2) is 36.2 Å². The van der Waals surface area contributed by atoms with Crippen LogP contribution in [0.1, 0.15) is 51.9 Å². The number of halogens is 3. The summed E-state index contributed by atoms with van der Waals surface area (Å²) in [6.45, 7) is 3.58. The minimum absolute atomic E-state index is 0.0949. The van der Waals surface area contributed by atoms with Crippen LogP contribution in [0.5, 0.6) is 0 Å². The van der Waals surface area contributed by atoms with Crippen LogP contribution in [-0.2, 0) is 0 Å². The zero-order valence-corrected chi connectivity index (χ0v) is 12.3. The average Bonchev–Trinajstić information content (AvgIpc) is 2.87. The van der Waals surface area contributed by atoms with Crippen molar-refractivity contribution in [2.24, 2.45) is 17.6 Å². The Hall–Kier alpha value is -0.290. The fourth-order valence-corrected chi connectivity index (χ4v) is 4.25. The van der Waals surface area contributed by atoms with Crippen molar-refractivity contribution < 1.29 is 13.2 Å². The first-order valence-electron chi connectivity index (χ1n) is 7.99. The highest BCUT2D eigenvalue weighted by Crippen LogP contribution is 2.41. The van der Waals surface area contributed by atoms with E-state index in [0.29, 0.717) is 31.3 Å². The molecule has 5 heteroatoms. The predicted octanol–water partition coefficient (Wildman–Crippen LogP) is 3.56. The lowest BCUT2D eigenvalue weighted by molar-refractivity contribution is -0.187. The number of hydrogen-bond acceptors (Lipinski definition) is 2. The zero-order valence-electron chi connectivity index (χ0n) is 12.3. The van der Waals surface area contributed by atoms with Gasteiger partial charge < -0.3 is 5.73 Å². The third-order valence-corrected chi connectivity index (χ3v) is 5.29. The van der Waals surface area contributed by atoms with Crippen LogP contribution in [0.25, 0.3) is 0 Å². The van der Waals surface area contributed by atoms with E-state index in [9.17, 15) is 13.2 Å². The van der Waals surface area contributed by atoms with E-state index in [-0.39, 0.29) is 12.5 Å². The van der Waals surface area contributed by atoms with Gasteiger partial charge in [0.15, 0.2) is 0 Å². The smallest absolute Gasteiger partial charge is 0.330 e. The molecule has 0 saturated heterocycles. The molecule has 0 amide bonds. The van der Waals surface area contributed by atoms with Crippen molar-refractivity contribution in [3.63, 3.8) is 0 Å². The number of nitrogens with two attached hydrogens (primary N) is 1. The van der Waals surface area contributed by atoms with Crippen LogP contribution in [0.2, 0.25) is 0 Å². The van der Waals surface area contributed by atoms with E-state index in [4.69, 9.17) is 5.73 Å². The zero-order chi connectivity index (χ0) is 14.8. The van der Waals surface area contributed by atoms with Gasteiger partial charge in [0, 0.05) is 12.1 Å². The largest absolute Gasteiger partial charge is 0.391 e. The fraction of sp³-hybridized carbons (Fsp3) is 1.00. The highest BCUT2D eigenvalue weighted by molar-refractivity contribution is 4.91. The van der Waals surface area contributed by atoms with Gasteiger partial charge in [-0.25, -0.2) is 0 Å². The summed E-state index contributed by atoms with van der Waals surface area (Å²) in [5, 5.41) is 0. The molecule has 2 fully saturated rings. The van der Waals surface area contributed by atoms with Crippen LogP contribution in [0.3, 0.4) is 0 Å². The van der Waals surface area contributed by atoms with Crippen molar-refractivity contribution in [3.8, 4) is 0 Å². The van der Waals surface area contributed by atoms with Gasteiger partial charge in [-0.2, -0.15) is 13.2 Å². The predicted molar refractivity (Wildman–Crippen MR) is 74.4 cm³/mol. The molecule has 2 rings (SSSR count). The lowest BCUT2D eigenvalue weighted by Gasteiger charge is -2.42. The molecule has 4 atom stereocenters. The highest BCUT2D eigenvalue weighted by atomic mass is 19.4. The SMILES string of the molecule is CCN(C1CCCC(C(F)(F)F)C1)C1CCCC1CN. The fourth-order valence-electron chi connectivity index (χ4n) is 4.25. The number of nitrogens with zero attached hydrogens (tertiary/aromatic N) is 1. The van der Waals surface area contributed by atoms with Crippen molar-refractivity contribution in [1.82, 2.24) is 4.90 Å². The maximum absolute atomic E-state index is 13.0. The van der Waals surface area contributed by atoms with Gasteiger partial charge in [-0.3, -0.25) is 4.90 Å². The summed E-state index contributed by atoms with van der Waals surface area (Å²) in [5.74, 6) is -0.630. The Balaban J connectivity index is 2.03. The molecule has 2 saturated carbocycles. The van der Waals surface area contributed by atoms with Gasteiger partial charge in [0.25, 0.3) is 0 Å². The van der Waals surface area contributed by atoms with Gasteiger partial charge in [0.05, 0.1) is 5.92 Å². The molecule has 0 aliphatic heterocycles. The average molecular weight is 292 g/mol. The first kappa shape index (κ1) is 16.1. The van der Waals surface area contributed by atoms with Crippen LogP contribution in [0.4, 0.5) is 13.2 Å². The molecule has 2 aliphatic rings. The minimum atomic E-state index is -4.03. The van der Waals surface area contributed by atoms with E-state index in [1.807, 2.05) is 0 Å². The number of alkyl halides is 3. The van der Waals surface area contributed by atoms with Crippen molar-refractivity contribution in [2.75, 3.05) is 13.1 Å². The molecule has 2 aliphatic carbocycles. The van der Waals surface area contributed by atoms with E-state index in [1.54, 1.807) is 0 Å². The molecule has 0 bridgehead atoms. The van der Waals surface area contributed by atoms with Gasteiger partial charge in [-0.05, 0) is 51.1 Å². The second-order valence-electron chi connectivity index (χ2n) is 6.38. The van der Waals surface area contributed by atoms with Crippen LogP contribution < -0.4 is 5.73 Å². The molecule has 4 unspecified atom stereocenters. The maximum Gasteiger partial charge on any atom is 0.391 e. The Labute approximate surface area is 119 Å². The molecule has 0 aromatic carbocycles. The molecule has 0 spiro atoms. The normalized spacial score (nSPS) is 35.7. The number of hydrogen-bond donors (Lipinski definition) is 1. The lowest BCUT2D eigenvalue weighted by atomic mass is 9.83. The van der Waals surface area contributed by atoms with Gasteiger partial charge in [0.2, 0.25) is 0 Å². The summed E-state index contributed by atoms with van der Waals surface area (Å²) in [7, 11) is 0. The van der Waals surface area contributed by atoms with Crippen LogP contribution in [0, 0.1) is 11.8 Å². The Bertz CT molecular complexity index is 306. The number of rotatable bonds is 4. The van der Waals surface area contributed by atoms with E-state index in [1.165, 1.54) is 6.42 Å². The van der Waals surface area contributed by atoms with Crippen molar-refractivity contribution in [1.29, 1.82) is 0 Å². The lowest BCUT2D eigenvalue weighted by Crippen LogP contribution is -2.49. The molecular formula is C15H27F3N2. The van der Waals surface area contributed by atoms with Crippen molar-refractivity contribution in [3.05, 3.63) is 0 Å². The van der Waals surface area contributed by atoms with E-state index >= 15 is 0 Å². The first-order chi connectivity index (χ1) is 9.47. The van der Waals surface area contributed by atoms with Gasteiger partial charge in [-0.15, -0.1) is 0 Å². The second kappa shape index (κ2) is 6.65. The maximum atomic E-state index is 13.0. The van der Waals surface area contributed by atoms with Gasteiger partial charge in [-0.1, -0.05) is 19.8 Å². The summed E-state index contributed by atoms with van der Waals surface area (Å²) < 4.78 is 38.9. The molecule has 118 valence electrons. The van der Waals surface area contributed by atoms with E-state index in [2.05, 4.69) is 11.8 Å². The summed E-state index contributed by atoms with van der Waals surface area (Å²) in [6, 6.07) is 0.500. The summed E-state index contributed by atoms with van der Waals surface area (Å²) in [6.07, 6.45) is 1.57. The van der Waals surface area contributed by atoms with E-state index in [0.717, 1.165) is 25.8 Å². The molecule has 0 heterocycles.